The van der Waals surface area contributed by atoms with Crippen LogP contribution in [0, 0.1) is 0 Å². The summed E-state index contributed by atoms with van der Waals surface area (Å²) in [5.41, 5.74) is 1.06. The molecule has 5 nitrogen and oxygen atoms in total. The summed E-state index contributed by atoms with van der Waals surface area (Å²) in [7, 11) is 0. The topological polar surface area (TPSA) is 58.5 Å². The van der Waals surface area contributed by atoms with Gasteiger partial charge in [0.25, 0.3) is 0 Å². The molecule has 0 aliphatic heterocycles. The molecule has 26 heavy (non-hydrogen) atoms. The monoisotopic (exact) mass is 376 g/mol. The van der Waals surface area contributed by atoms with Gasteiger partial charge in [-0.1, -0.05) is 6.07 Å². The third-order valence-corrected chi connectivity index (χ3v) is 6.34. The van der Waals surface area contributed by atoms with Crippen LogP contribution in [0.3, 0.4) is 0 Å². The first-order valence-electron chi connectivity index (χ1n) is 9.96. The predicted octanol–water partition coefficient (Wildman–Crippen LogP) is 3.74. The van der Waals surface area contributed by atoms with Crippen molar-refractivity contribution in [2.24, 2.45) is 4.99 Å². The zero-order valence-electron chi connectivity index (χ0n) is 16.0. The van der Waals surface area contributed by atoms with Gasteiger partial charge in [-0.25, -0.2) is 9.98 Å². The van der Waals surface area contributed by atoms with Gasteiger partial charge in [0.2, 0.25) is 5.88 Å². The van der Waals surface area contributed by atoms with Crippen molar-refractivity contribution < 1.29 is 4.74 Å². The second-order valence-electron chi connectivity index (χ2n) is 7.20. The molecule has 1 aromatic heterocycles. The van der Waals surface area contributed by atoms with Crippen molar-refractivity contribution in [3.63, 3.8) is 0 Å². The summed E-state index contributed by atoms with van der Waals surface area (Å²) < 4.78 is 6.14. The normalized spacial score (nSPS) is 24.0. The van der Waals surface area contributed by atoms with Crippen molar-refractivity contribution in [3.8, 4) is 5.88 Å². The Bertz CT molecular complexity index is 589. The maximum absolute atomic E-state index is 6.14. The van der Waals surface area contributed by atoms with Gasteiger partial charge in [-0.05, 0) is 64.2 Å². The Balaban J connectivity index is 1.61. The first-order chi connectivity index (χ1) is 12.8. The molecular weight excluding hydrogens is 344 g/mol. The Morgan fingerprint density at radius 2 is 2.15 bits per heavy atom. The first kappa shape index (κ1) is 19.3. The molecule has 144 valence electrons. The minimum Gasteiger partial charge on any atom is -0.474 e. The summed E-state index contributed by atoms with van der Waals surface area (Å²) in [6.07, 6.45) is 12.9. The van der Waals surface area contributed by atoms with Crippen LogP contribution in [0.15, 0.2) is 23.3 Å². The average Bonchev–Trinajstić information content (AvgIpc) is 3.33. The summed E-state index contributed by atoms with van der Waals surface area (Å²) in [6, 6.07) is 4.56. The molecule has 0 spiro atoms. The van der Waals surface area contributed by atoms with Gasteiger partial charge >= 0.3 is 0 Å². The zero-order chi connectivity index (χ0) is 18.2. The van der Waals surface area contributed by atoms with E-state index in [9.17, 15) is 0 Å². The molecule has 0 saturated heterocycles. The number of aromatic nitrogens is 1. The lowest BCUT2D eigenvalue weighted by molar-refractivity contribution is 0.199. The smallest absolute Gasteiger partial charge is 0.218 e. The van der Waals surface area contributed by atoms with Gasteiger partial charge in [-0.2, -0.15) is 11.8 Å². The van der Waals surface area contributed by atoms with Gasteiger partial charge in [-0.3, -0.25) is 0 Å². The van der Waals surface area contributed by atoms with E-state index in [-0.39, 0.29) is 0 Å². The van der Waals surface area contributed by atoms with Crippen LogP contribution in [-0.4, -0.2) is 41.1 Å². The van der Waals surface area contributed by atoms with E-state index in [0.717, 1.165) is 42.0 Å². The van der Waals surface area contributed by atoms with E-state index in [1.165, 1.54) is 32.1 Å². The number of nitrogens with one attached hydrogen (secondary N) is 2. The summed E-state index contributed by atoms with van der Waals surface area (Å²) in [5.74, 6) is 1.65. The Hall–Kier alpha value is -1.43. The quantitative estimate of drug-likeness (QED) is 0.561. The third-order valence-electron chi connectivity index (χ3n) is 5.24. The Labute approximate surface area is 161 Å². The number of guanidine groups is 1. The van der Waals surface area contributed by atoms with Crippen LogP contribution in [0.4, 0.5) is 0 Å². The second kappa shape index (κ2) is 10.0. The molecule has 1 aromatic rings. The van der Waals surface area contributed by atoms with Crippen molar-refractivity contribution in [2.45, 2.75) is 75.8 Å². The molecule has 0 aromatic carbocycles. The van der Waals surface area contributed by atoms with Crippen molar-refractivity contribution in [2.75, 3.05) is 12.8 Å². The van der Waals surface area contributed by atoms with Crippen LogP contribution < -0.4 is 15.4 Å². The minimum absolute atomic E-state index is 0.320. The lowest BCUT2D eigenvalue weighted by atomic mass is 10.2. The van der Waals surface area contributed by atoms with E-state index in [2.05, 4.69) is 34.9 Å². The summed E-state index contributed by atoms with van der Waals surface area (Å²) in [4.78, 5) is 9.26. The van der Waals surface area contributed by atoms with Crippen LogP contribution in [-0.2, 0) is 6.54 Å². The molecule has 2 N–H and O–H groups in total. The summed E-state index contributed by atoms with van der Waals surface area (Å²) in [6.45, 7) is 3.56. The zero-order valence-corrected chi connectivity index (χ0v) is 16.9. The van der Waals surface area contributed by atoms with Crippen LogP contribution in [0.1, 0.15) is 57.4 Å². The summed E-state index contributed by atoms with van der Waals surface area (Å²) in [5, 5.41) is 7.76. The van der Waals surface area contributed by atoms with E-state index < -0.39 is 0 Å². The number of aliphatic imine (C=N–C) groups is 1. The Kier molecular flexibility index (Phi) is 7.47. The van der Waals surface area contributed by atoms with Gasteiger partial charge in [0.1, 0.15) is 6.10 Å². The molecule has 2 aliphatic carbocycles. The first-order valence-corrected chi connectivity index (χ1v) is 11.3. The number of thioether (sulfide) groups is 1. The maximum atomic E-state index is 6.14. The van der Waals surface area contributed by atoms with Crippen molar-refractivity contribution in [1.82, 2.24) is 15.6 Å². The van der Waals surface area contributed by atoms with E-state index in [4.69, 9.17) is 9.73 Å². The number of pyridine rings is 1. The van der Waals surface area contributed by atoms with Gasteiger partial charge in [0, 0.05) is 29.6 Å². The van der Waals surface area contributed by atoms with Crippen molar-refractivity contribution in [3.05, 3.63) is 23.9 Å². The van der Waals surface area contributed by atoms with Gasteiger partial charge in [-0.15, -0.1) is 0 Å². The molecule has 6 heteroatoms. The van der Waals surface area contributed by atoms with Crippen LogP contribution in [0.5, 0.6) is 5.88 Å². The Morgan fingerprint density at radius 3 is 2.88 bits per heavy atom. The number of ether oxygens (including phenoxy) is 1. The lowest BCUT2D eigenvalue weighted by Crippen LogP contribution is -2.42. The molecule has 3 rings (SSSR count). The number of hydrogen-bond donors (Lipinski definition) is 2. The highest BCUT2D eigenvalue weighted by molar-refractivity contribution is 7.99. The van der Waals surface area contributed by atoms with E-state index >= 15 is 0 Å². The fourth-order valence-corrected chi connectivity index (χ4v) is 4.57. The van der Waals surface area contributed by atoms with Gasteiger partial charge < -0.3 is 15.4 Å². The number of hydrogen-bond acceptors (Lipinski definition) is 4. The van der Waals surface area contributed by atoms with E-state index in [0.29, 0.717) is 18.7 Å². The minimum atomic E-state index is 0.320. The average molecular weight is 377 g/mol. The molecule has 2 atom stereocenters. The standard InChI is InChI=1S/C20H32N4OS/c1-3-21-20(24-16-10-11-18(13-16)26-2)23-14-15-7-6-12-22-19(15)25-17-8-4-5-9-17/h6-7,12,16-18H,3-5,8-11,13-14H2,1-2H3,(H2,21,23,24). The molecule has 0 amide bonds. The molecular formula is C20H32N4OS. The second-order valence-corrected chi connectivity index (χ2v) is 8.34. The highest BCUT2D eigenvalue weighted by Gasteiger charge is 2.24. The lowest BCUT2D eigenvalue weighted by Gasteiger charge is -2.18. The van der Waals surface area contributed by atoms with E-state index in [1.54, 1.807) is 0 Å². The SMILES string of the molecule is CCNC(=NCc1cccnc1OC1CCCC1)NC1CCC(SC)C1. The van der Waals surface area contributed by atoms with Gasteiger partial charge in [0.15, 0.2) is 5.96 Å². The maximum Gasteiger partial charge on any atom is 0.218 e. The highest BCUT2D eigenvalue weighted by atomic mass is 32.2. The van der Waals surface area contributed by atoms with Gasteiger partial charge in [0.05, 0.1) is 6.54 Å². The molecule has 0 radical (unpaired) electrons. The molecule has 2 saturated carbocycles. The molecule has 2 aliphatic rings. The molecule has 1 heterocycles. The van der Waals surface area contributed by atoms with Crippen molar-refractivity contribution >= 4 is 17.7 Å². The number of rotatable bonds is 7. The predicted molar refractivity (Wildman–Crippen MR) is 110 cm³/mol. The van der Waals surface area contributed by atoms with E-state index in [1.807, 2.05) is 24.0 Å². The molecule has 2 unspecified atom stereocenters. The Morgan fingerprint density at radius 1 is 1.31 bits per heavy atom. The molecule has 2 fully saturated rings. The highest BCUT2D eigenvalue weighted by Crippen LogP contribution is 2.28. The molecule has 0 bridgehead atoms. The summed E-state index contributed by atoms with van der Waals surface area (Å²) >= 11 is 1.98. The van der Waals surface area contributed by atoms with Crippen LogP contribution >= 0.6 is 11.8 Å². The van der Waals surface area contributed by atoms with Crippen LogP contribution in [0.25, 0.3) is 0 Å². The largest absolute Gasteiger partial charge is 0.474 e. The number of nitrogens with zero attached hydrogens (tertiary/aromatic N) is 2. The third kappa shape index (κ3) is 5.53. The fourth-order valence-electron chi connectivity index (χ4n) is 3.78. The van der Waals surface area contributed by atoms with Crippen molar-refractivity contribution in [1.29, 1.82) is 0 Å². The fraction of sp³-hybridized carbons (Fsp3) is 0.700. The van der Waals surface area contributed by atoms with Crippen LogP contribution in [0.2, 0.25) is 0 Å².